The molecular formula is C15H13N3O2. The molecule has 0 aliphatic heterocycles. The number of pyridine rings is 1. The van der Waals surface area contributed by atoms with Crippen molar-refractivity contribution in [1.29, 1.82) is 5.26 Å². The van der Waals surface area contributed by atoms with Crippen molar-refractivity contribution in [1.82, 2.24) is 4.98 Å². The van der Waals surface area contributed by atoms with E-state index in [2.05, 4.69) is 4.98 Å². The van der Waals surface area contributed by atoms with E-state index >= 15 is 0 Å². The quantitative estimate of drug-likeness (QED) is 0.919. The molecule has 0 aliphatic carbocycles. The van der Waals surface area contributed by atoms with Crippen LogP contribution in [0.25, 0.3) is 0 Å². The number of carbonyl (C=O) groups excluding carboxylic acids is 1. The van der Waals surface area contributed by atoms with Gasteiger partial charge < -0.3 is 9.88 Å². The number of rotatable bonds is 4. The minimum atomic E-state index is -0.259. The molecule has 0 spiro atoms. The Balaban J connectivity index is 2.31. The number of aromatic amines is 1. The molecule has 1 amide bonds. The maximum absolute atomic E-state index is 12.5. The average Bonchev–Trinajstić information content (AvgIpc) is 2.49. The van der Waals surface area contributed by atoms with Crippen molar-refractivity contribution in [3.63, 3.8) is 0 Å². The molecule has 100 valence electrons. The number of carbonyl (C=O) groups is 1. The summed E-state index contributed by atoms with van der Waals surface area (Å²) in [5, 5.41) is 8.72. The summed E-state index contributed by atoms with van der Waals surface area (Å²) >= 11 is 0. The Hall–Kier alpha value is -2.87. The zero-order valence-electron chi connectivity index (χ0n) is 10.7. The Morgan fingerprint density at radius 3 is 2.55 bits per heavy atom. The number of hydrogen-bond acceptors (Lipinski definition) is 3. The number of nitrogens with zero attached hydrogens (tertiary/aromatic N) is 2. The van der Waals surface area contributed by atoms with Crippen LogP contribution in [-0.4, -0.2) is 17.4 Å². The molecule has 1 N–H and O–H groups in total. The number of para-hydroxylation sites is 1. The van der Waals surface area contributed by atoms with Crippen LogP contribution in [0.5, 0.6) is 0 Å². The van der Waals surface area contributed by atoms with Gasteiger partial charge in [-0.15, -0.1) is 0 Å². The molecule has 5 nitrogen and oxygen atoms in total. The van der Waals surface area contributed by atoms with Crippen LogP contribution in [0.3, 0.4) is 0 Å². The molecule has 1 heterocycles. The second-order valence-corrected chi connectivity index (χ2v) is 4.14. The van der Waals surface area contributed by atoms with Gasteiger partial charge in [0.1, 0.15) is 0 Å². The fourth-order valence-electron chi connectivity index (χ4n) is 1.82. The standard InChI is InChI=1S/C15H13N3O2/c16-9-4-10-18(13-5-2-1-3-6-13)15(20)12-7-8-14(19)17-11-12/h1-3,5-8,11H,4,10H2,(H,17,19). The van der Waals surface area contributed by atoms with Crippen LogP contribution < -0.4 is 10.5 Å². The van der Waals surface area contributed by atoms with Crippen molar-refractivity contribution in [2.24, 2.45) is 0 Å². The van der Waals surface area contributed by atoms with E-state index in [-0.39, 0.29) is 17.9 Å². The highest BCUT2D eigenvalue weighted by Gasteiger charge is 2.17. The third kappa shape index (κ3) is 3.12. The fourth-order valence-corrected chi connectivity index (χ4v) is 1.82. The van der Waals surface area contributed by atoms with E-state index in [1.54, 1.807) is 12.1 Å². The first-order chi connectivity index (χ1) is 9.72. The van der Waals surface area contributed by atoms with Crippen LogP contribution in [0.2, 0.25) is 0 Å². The van der Waals surface area contributed by atoms with Crippen molar-refractivity contribution in [2.75, 3.05) is 11.4 Å². The molecule has 2 rings (SSSR count). The second kappa shape index (κ2) is 6.34. The Morgan fingerprint density at radius 2 is 1.95 bits per heavy atom. The lowest BCUT2D eigenvalue weighted by atomic mass is 10.2. The van der Waals surface area contributed by atoms with E-state index in [0.717, 1.165) is 5.69 Å². The first kappa shape index (κ1) is 13.6. The SMILES string of the molecule is N#CCCN(C(=O)c1ccc(=O)[nH]c1)c1ccccc1. The molecule has 0 fully saturated rings. The van der Waals surface area contributed by atoms with Crippen molar-refractivity contribution in [3.8, 4) is 6.07 Å². The maximum atomic E-state index is 12.5. The van der Waals surface area contributed by atoms with Gasteiger partial charge in [-0.25, -0.2) is 0 Å². The maximum Gasteiger partial charge on any atom is 0.259 e. The Morgan fingerprint density at radius 1 is 1.20 bits per heavy atom. The number of nitriles is 1. The van der Waals surface area contributed by atoms with Crippen LogP contribution in [0.4, 0.5) is 5.69 Å². The smallest absolute Gasteiger partial charge is 0.259 e. The predicted octanol–water partition coefficient (Wildman–Crippen LogP) is 1.94. The van der Waals surface area contributed by atoms with Crippen LogP contribution in [0.15, 0.2) is 53.5 Å². The molecule has 0 saturated carbocycles. The van der Waals surface area contributed by atoms with E-state index in [1.807, 2.05) is 24.3 Å². The molecule has 0 unspecified atom stereocenters. The van der Waals surface area contributed by atoms with Gasteiger partial charge in [-0.3, -0.25) is 9.59 Å². The Bertz CT molecular complexity index is 666. The number of aromatic nitrogens is 1. The largest absolute Gasteiger partial charge is 0.328 e. The molecule has 20 heavy (non-hydrogen) atoms. The van der Waals surface area contributed by atoms with Gasteiger partial charge in [0.2, 0.25) is 5.56 Å². The lowest BCUT2D eigenvalue weighted by molar-refractivity contribution is 0.0987. The van der Waals surface area contributed by atoms with Gasteiger partial charge in [0.25, 0.3) is 5.91 Å². The summed E-state index contributed by atoms with van der Waals surface area (Å²) in [6.07, 6.45) is 1.62. The van der Waals surface area contributed by atoms with Gasteiger partial charge in [-0.2, -0.15) is 5.26 Å². The Labute approximate surface area is 116 Å². The summed E-state index contributed by atoms with van der Waals surface area (Å²) < 4.78 is 0. The normalized spacial score (nSPS) is 9.75. The molecular weight excluding hydrogens is 254 g/mol. The first-order valence-electron chi connectivity index (χ1n) is 6.15. The van der Waals surface area contributed by atoms with Crippen molar-refractivity contribution >= 4 is 11.6 Å². The zero-order valence-corrected chi connectivity index (χ0v) is 10.7. The van der Waals surface area contributed by atoms with Crippen LogP contribution in [-0.2, 0) is 0 Å². The van der Waals surface area contributed by atoms with Gasteiger partial charge in [0.05, 0.1) is 18.1 Å². The molecule has 5 heteroatoms. The molecule has 1 aromatic heterocycles. The van der Waals surface area contributed by atoms with E-state index in [1.165, 1.54) is 23.2 Å². The number of anilines is 1. The minimum Gasteiger partial charge on any atom is -0.328 e. The highest BCUT2D eigenvalue weighted by Crippen LogP contribution is 2.16. The Kier molecular flexibility index (Phi) is 4.30. The second-order valence-electron chi connectivity index (χ2n) is 4.14. The molecule has 1 aromatic carbocycles. The van der Waals surface area contributed by atoms with E-state index in [0.29, 0.717) is 12.1 Å². The van der Waals surface area contributed by atoms with Gasteiger partial charge in [-0.05, 0) is 18.2 Å². The third-order valence-corrected chi connectivity index (χ3v) is 2.79. The van der Waals surface area contributed by atoms with Crippen LogP contribution in [0, 0.1) is 11.3 Å². The molecule has 0 atom stereocenters. The summed E-state index contributed by atoms with van der Waals surface area (Å²) in [6, 6.07) is 13.9. The molecule has 0 saturated heterocycles. The summed E-state index contributed by atoms with van der Waals surface area (Å²) in [6.45, 7) is 0.304. The lowest BCUT2D eigenvalue weighted by Gasteiger charge is -2.21. The summed E-state index contributed by atoms with van der Waals surface area (Å²) in [7, 11) is 0. The zero-order chi connectivity index (χ0) is 14.4. The average molecular weight is 267 g/mol. The lowest BCUT2D eigenvalue weighted by Crippen LogP contribution is -2.32. The monoisotopic (exact) mass is 267 g/mol. The third-order valence-electron chi connectivity index (χ3n) is 2.79. The predicted molar refractivity (Wildman–Crippen MR) is 75.4 cm³/mol. The molecule has 2 aromatic rings. The first-order valence-corrected chi connectivity index (χ1v) is 6.15. The highest BCUT2D eigenvalue weighted by molar-refractivity contribution is 6.05. The van der Waals surface area contributed by atoms with Gasteiger partial charge >= 0.3 is 0 Å². The summed E-state index contributed by atoms with van der Waals surface area (Å²) in [4.78, 5) is 27.5. The minimum absolute atomic E-state index is 0.240. The topological polar surface area (TPSA) is 77.0 Å². The van der Waals surface area contributed by atoms with Crippen LogP contribution >= 0.6 is 0 Å². The van der Waals surface area contributed by atoms with Crippen molar-refractivity contribution < 1.29 is 4.79 Å². The number of amides is 1. The fraction of sp³-hybridized carbons (Fsp3) is 0.133. The van der Waals surface area contributed by atoms with Gasteiger partial charge in [0, 0.05) is 24.5 Å². The number of H-pyrrole nitrogens is 1. The van der Waals surface area contributed by atoms with E-state index < -0.39 is 0 Å². The number of nitrogens with one attached hydrogen (secondary N) is 1. The van der Waals surface area contributed by atoms with E-state index in [4.69, 9.17) is 5.26 Å². The number of benzene rings is 1. The molecule has 0 aliphatic rings. The number of hydrogen-bond donors (Lipinski definition) is 1. The molecule has 0 bridgehead atoms. The summed E-state index contributed by atoms with van der Waals surface area (Å²) in [5.74, 6) is -0.247. The summed E-state index contributed by atoms with van der Waals surface area (Å²) in [5.41, 5.74) is 0.843. The molecule has 0 radical (unpaired) electrons. The van der Waals surface area contributed by atoms with Crippen LogP contribution in [0.1, 0.15) is 16.8 Å². The van der Waals surface area contributed by atoms with Gasteiger partial charge in [-0.1, -0.05) is 18.2 Å². The van der Waals surface area contributed by atoms with Crippen molar-refractivity contribution in [2.45, 2.75) is 6.42 Å². The van der Waals surface area contributed by atoms with Crippen molar-refractivity contribution in [3.05, 3.63) is 64.6 Å². The van der Waals surface area contributed by atoms with E-state index in [9.17, 15) is 9.59 Å². The highest BCUT2D eigenvalue weighted by atomic mass is 16.2. The van der Waals surface area contributed by atoms with Gasteiger partial charge in [0.15, 0.2) is 0 Å².